The van der Waals surface area contributed by atoms with Crippen molar-refractivity contribution in [2.45, 2.75) is 87.6 Å². The number of carbonyl (C=O) groups is 2. The third kappa shape index (κ3) is 3.16. The zero-order valence-corrected chi connectivity index (χ0v) is 21.5. The number of hydrogen-bond acceptors (Lipinski definition) is 8. The highest BCUT2D eigenvalue weighted by atomic mass is 16.4. The molecule has 1 aromatic rings. The highest BCUT2D eigenvalue weighted by Crippen LogP contribution is 2.71. The molecule has 10 heteroatoms. The molecule has 0 aromatic heterocycles. The van der Waals surface area contributed by atoms with Gasteiger partial charge in [0.1, 0.15) is 12.1 Å². The van der Waals surface area contributed by atoms with E-state index in [2.05, 4.69) is 50.1 Å². The monoisotopic (exact) mass is 518 g/mol. The molecule has 10 nitrogen and oxygen atoms in total. The number of likely N-dealkylation sites (N-methyl/N-ethyl adjacent to an activating group) is 1. The number of aliphatic hydroxyl groups is 4. The SMILES string of the molecule is CCC[N+]12[C@H](O)[C@@H](CC)[C@@H]3C[C@H]1[C@@H]1N(C)c4ccccc4[C@]14C[C@H]2C3[C@H]4O.O=C([O-])[C@H](O)[C@@H](O)C(=O)O. The first-order valence-corrected chi connectivity index (χ1v) is 13.4. The molecule has 1 aliphatic carbocycles. The molecular formula is C27H38N2O8. The van der Waals surface area contributed by atoms with Crippen LogP contribution in [-0.2, 0) is 15.0 Å². The van der Waals surface area contributed by atoms with Crippen LogP contribution in [0.4, 0.5) is 5.69 Å². The van der Waals surface area contributed by atoms with Gasteiger partial charge in [-0.15, -0.1) is 0 Å². The van der Waals surface area contributed by atoms with Gasteiger partial charge in [-0.1, -0.05) is 32.0 Å². The van der Waals surface area contributed by atoms with Crippen molar-refractivity contribution in [2.24, 2.45) is 17.8 Å². The molecule has 5 aliphatic heterocycles. The lowest BCUT2D eigenvalue weighted by molar-refractivity contribution is -1.04. The van der Waals surface area contributed by atoms with Crippen molar-refractivity contribution < 1.29 is 44.7 Å². The lowest BCUT2D eigenvalue weighted by Crippen LogP contribution is -2.83. The summed E-state index contributed by atoms with van der Waals surface area (Å²) in [4.78, 5) is 21.9. The molecule has 4 saturated heterocycles. The van der Waals surface area contributed by atoms with Crippen molar-refractivity contribution in [1.82, 2.24) is 0 Å². The number of quaternary nitrogens is 1. The van der Waals surface area contributed by atoms with Gasteiger partial charge in [0.15, 0.2) is 12.3 Å². The van der Waals surface area contributed by atoms with Gasteiger partial charge in [0, 0.05) is 37.4 Å². The van der Waals surface area contributed by atoms with E-state index in [9.17, 15) is 24.9 Å². The maximum absolute atomic E-state index is 11.9. The molecule has 1 saturated carbocycles. The summed E-state index contributed by atoms with van der Waals surface area (Å²) in [5, 5.41) is 57.7. The van der Waals surface area contributed by atoms with Gasteiger partial charge < -0.3 is 40.3 Å². The Hall–Kier alpha value is -2.24. The fraction of sp³-hybridized carbons (Fsp3) is 0.704. The van der Waals surface area contributed by atoms with Gasteiger partial charge in [0.25, 0.3) is 0 Å². The fourth-order valence-electron chi connectivity index (χ4n) is 9.49. The van der Waals surface area contributed by atoms with Gasteiger partial charge in [-0.05, 0) is 30.4 Å². The number of carbonyl (C=O) groups excluding carboxylic acids is 1. The summed E-state index contributed by atoms with van der Waals surface area (Å²) in [7, 11) is 2.23. The number of hydrogen-bond donors (Lipinski definition) is 5. The number of rotatable bonds is 6. The van der Waals surface area contributed by atoms with E-state index in [1.54, 1.807) is 0 Å². The molecule has 0 amide bonds. The van der Waals surface area contributed by atoms with Crippen LogP contribution in [0.3, 0.4) is 0 Å². The summed E-state index contributed by atoms with van der Waals surface area (Å²) in [6.45, 7) is 5.56. The number of nitrogens with zero attached hydrogens (tertiary/aromatic N) is 2. The number of benzene rings is 1. The standard InChI is InChI=1S/C23H33N2O2.C4H6O6/c1-4-10-25-17-11-14(13(5-2)22(25)27)19-18(25)12-23(21(19)26)15-8-6-7-9-16(15)24(3)20(17)23;5-1(3(7)8)2(6)4(9)10/h6-9,13-14,17-22,26-27H,4-5,10-12H2,1-3H3;1-2,5-6H,(H,7,8)(H,9,10)/q+1;/p-1/t13-,14-,17-,18-,19?,20-,21+,22+,23+,25?;1-,2-/m01/s1. The van der Waals surface area contributed by atoms with Crippen LogP contribution in [0.5, 0.6) is 0 Å². The van der Waals surface area contributed by atoms with E-state index in [0.717, 1.165) is 30.3 Å². The quantitative estimate of drug-likeness (QED) is 0.298. The first-order chi connectivity index (χ1) is 17.5. The third-order valence-corrected chi connectivity index (χ3v) is 10.5. The normalized spacial score (nSPS) is 43.5. The number of para-hydroxylation sites is 1. The predicted octanol–water partition coefficient (Wildman–Crippen LogP) is -0.978. The van der Waals surface area contributed by atoms with Crippen LogP contribution in [0, 0.1) is 17.8 Å². The number of carboxylic acid groups (broad SMARTS) is 2. The maximum atomic E-state index is 11.9. The van der Waals surface area contributed by atoms with E-state index >= 15 is 0 Å². The Balaban J connectivity index is 0.000000241. The summed E-state index contributed by atoms with van der Waals surface area (Å²) in [6, 6.07) is 9.97. The summed E-state index contributed by atoms with van der Waals surface area (Å²) in [5.41, 5.74) is 2.56. The van der Waals surface area contributed by atoms with Crippen molar-refractivity contribution >= 4 is 17.6 Å². The second kappa shape index (κ2) is 8.91. The second-order valence-electron chi connectivity index (χ2n) is 11.6. The van der Waals surface area contributed by atoms with Gasteiger partial charge in [-0.2, -0.15) is 0 Å². The molecule has 12 atom stereocenters. The highest BCUT2D eigenvalue weighted by Gasteiger charge is 2.82. The van der Waals surface area contributed by atoms with E-state index in [0.29, 0.717) is 35.9 Å². The molecule has 2 unspecified atom stereocenters. The Bertz CT molecular complexity index is 1070. The van der Waals surface area contributed by atoms with Crippen molar-refractivity contribution in [3.63, 3.8) is 0 Å². The van der Waals surface area contributed by atoms with E-state index in [1.807, 2.05) is 0 Å². The molecule has 5 N–H and O–H groups in total. The Morgan fingerprint density at radius 2 is 1.84 bits per heavy atom. The van der Waals surface area contributed by atoms with Gasteiger partial charge >= 0.3 is 5.97 Å². The highest BCUT2D eigenvalue weighted by molar-refractivity contribution is 5.82. The van der Waals surface area contributed by atoms with Crippen molar-refractivity contribution in [2.75, 3.05) is 18.5 Å². The average molecular weight is 519 g/mol. The van der Waals surface area contributed by atoms with Crippen molar-refractivity contribution in [1.29, 1.82) is 0 Å². The minimum Gasteiger partial charge on any atom is -0.547 e. The molecule has 0 radical (unpaired) electrons. The molecule has 1 spiro atoms. The number of carboxylic acids is 2. The lowest BCUT2D eigenvalue weighted by atomic mass is 9.60. The van der Waals surface area contributed by atoms with E-state index < -0.39 is 24.1 Å². The van der Waals surface area contributed by atoms with Crippen LogP contribution in [0.2, 0.25) is 0 Å². The van der Waals surface area contributed by atoms with E-state index in [-0.39, 0.29) is 17.7 Å². The zero-order valence-electron chi connectivity index (χ0n) is 21.5. The number of anilines is 1. The summed E-state index contributed by atoms with van der Waals surface area (Å²) in [5.74, 6) is -2.65. The Kier molecular flexibility index (Phi) is 6.35. The van der Waals surface area contributed by atoms with E-state index in [1.165, 1.54) is 17.7 Å². The lowest BCUT2D eigenvalue weighted by Gasteiger charge is -2.68. The Morgan fingerprint density at radius 3 is 2.41 bits per heavy atom. The Labute approximate surface area is 216 Å². The number of fused-ring (bicyclic) bond motifs is 2. The van der Waals surface area contributed by atoms with Crippen LogP contribution in [0.1, 0.15) is 45.1 Å². The summed E-state index contributed by atoms with van der Waals surface area (Å²) in [6.07, 6.45) is -0.869. The van der Waals surface area contributed by atoms with Gasteiger partial charge in [0.05, 0.1) is 36.1 Å². The molecule has 6 aliphatic rings. The zero-order chi connectivity index (χ0) is 27.0. The molecule has 5 bridgehead atoms. The van der Waals surface area contributed by atoms with Crippen LogP contribution >= 0.6 is 0 Å². The molecule has 5 heterocycles. The summed E-state index contributed by atoms with van der Waals surface area (Å²) < 4.78 is 0.873. The second-order valence-corrected chi connectivity index (χ2v) is 11.6. The minimum atomic E-state index is -2.38. The first kappa shape index (κ1) is 26.4. The van der Waals surface area contributed by atoms with Gasteiger partial charge in [-0.3, -0.25) is 4.48 Å². The number of aliphatic carboxylic acids is 2. The number of piperidine rings is 4. The van der Waals surface area contributed by atoms with Gasteiger partial charge in [-0.25, -0.2) is 4.79 Å². The molecular weight excluding hydrogens is 480 g/mol. The Morgan fingerprint density at radius 1 is 1.16 bits per heavy atom. The predicted molar refractivity (Wildman–Crippen MR) is 130 cm³/mol. The van der Waals surface area contributed by atoms with Crippen LogP contribution in [0.15, 0.2) is 24.3 Å². The molecule has 37 heavy (non-hydrogen) atoms. The maximum Gasteiger partial charge on any atom is 0.335 e. The van der Waals surface area contributed by atoms with Crippen LogP contribution in [0.25, 0.3) is 0 Å². The topological polar surface area (TPSA) is 162 Å². The fourth-order valence-corrected chi connectivity index (χ4v) is 9.49. The molecule has 1 aromatic carbocycles. The van der Waals surface area contributed by atoms with Crippen molar-refractivity contribution in [3.8, 4) is 0 Å². The van der Waals surface area contributed by atoms with Crippen molar-refractivity contribution in [3.05, 3.63) is 29.8 Å². The average Bonchev–Trinajstić information content (AvgIpc) is 3.26. The molecule has 204 valence electrons. The summed E-state index contributed by atoms with van der Waals surface area (Å²) >= 11 is 0. The molecule has 7 rings (SSSR count). The smallest absolute Gasteiger partial charge is 0.335 e. The van der Waals surface area contributed by atoms with Gasteiger partial charge in [0.2, 0.25) is 0 Å². The minimum absolute atomic E-state index is 0.127. The van der Waals surface area contributed by atoms with Crippen LogP contribution in [-0.4, -0.2) is 98.2 Å². The third-order valence-electron chi connectivity index (χ3n) is 10.5. The first-order valence-electron chi connectivity index (χ1n) is 13.4. The van der Waals surface area contributed by atoms with Crippen LogP contribution < -0.4 is 10.0 Å². The largest absolute Gasteiger partial charge is 0.547 e. The molecule has 5 fully saturated rings. The van der Waals surface area contributed by atoms with E-state index in [4.69, 9.17) is 15.3 Å². The number of aliphatic hydroxyl groups excluding tert-OH is 4.